The van der Waals surface area contributed by atoms with Crippen molar-refractivity contribution in [3.8, 4) is 22.5 Å². The molecular formula is C51H54N2. The zero-order valence-electron chi connectivity index (χ0n) is 34.4. The van der Waals surface area contributed by atoms with Gasteiger partial charge in [-0.15, -0.1) is 0 Å². The normalized spacial score (nSPS) is 12.0. The van der Waals surface area contributed by atoms with E-state index in [9.17, 15) is 0 Å². The third-order valence-electron chi connectivity index (χ3n) is 13.4. The Morgan fingerprint density at radius 3 is 0.981 bits per heavy atom. The van der Waals surface area contributed by atoms with E-state index in [0.29, 0.717) is 0 Å². The van der Waals surface area contributed by atoms with Gasteiger partial charge in [-0.2, -0.15) is 0 Å². The Morgan fingerprint density at radius 1 is 0.340 bits per heavy atom. The Bertz CT molecular complexity index is 2810. The molecule has 0 aliphatic carbocycles. The number of rotatable bonds is 4. The van der Waals surface area contributed by atoms with Crippen molar-refractivity contribution in [2.24, 2.45) is 0 Å². The molecule has 2 nitrogen and oxygen atoms in total. The summed E-state index contributed by atoms with van der Waals surface area (Å²) in [4.78, 5) is 0. The smallest absolute Gasteiger partial charge is 0.0546 e. The molecular weight excluding hydrogens is 641 g/mol. The van der Waals surface area contributed by atoms with Crippen molar-refractivity contribution in [1.29, 1.82) is 0 Å². The maximum absolute atomic E-state index is 2.52. The van der Waals surface area contributed by atoms with E-state index in [1.165, 1.54) is 144 Å². The first kappa shape index (κ1) is 35.0. The van der Waals surface area contributed by atoms with Crippen molar-refractivity contribution in [3.63, 3.8) is 0 Å². The van der Waals surface area contributed by atoms with Gasteiger partial charge in [-0.25, -0.2) is 0 Å². The third kappa shape index (κ3) is 4.91. The van der Waals surface area contributed by atoms with Gasteiger partial charge >= 0.3 is 0 Å². The van der Waals surface area contributed by atoms with Crippen LogP contribution in [0.15, 0.2) is 60.7 Å². The fraction of sp³-hybridized carbons (Fsp3) is 0.294. The summed E-state index contributed by atoms with van der Waals surface area (Å²) in [6.07, 6.45) is 1.05. The van der Waals surface area contributed by atoms with Gasteiger partial charge in [0.25, 0.3) is 0 Å². The van der Waals surface area contributed by atoms with Crippen LogP contribution in [0, 0.1) is 90.0 Å². The summed E-state index contributed by atoms with van der Waals surface area (Å²) in [5.41, 5.74) is 29.4. The van der Waals surface area contributed by atoms with Crippen LogP contribution in [0.1, 0.15) is 84.8 Å². The van der Waals surface area contributed by atoms with Crippen molar-refractivity contribution < 1.29 is 0 Å². The molecule has 2 heteroatoms. The molecule has 8 rings (SSSR count). The predicted octanol–water partition coefficient (Wildman–Crippen LogP) is 14.1. The molecule has 0 fully saturated rings. The van der Waals surface area contributed by atoms with Gasteiger partial charge in [0.2, 0.25) is 0 Å². The van der Waals surface area contributed by atoms with Crippen molar-refractivity contribution in [2.45, 2.75) is 103 Å². The monoisotopic (exact) mass is 694 g/mol. The lowest BCUT2D eigenvalue weighted by molar-refractivity contribution is 1.08. The van der Waals surface area contributed by atoms with Gasteiger partial charge in [0.15, 0.2) is 0 Å². The van der Waals surface area contributed by atoms with Crippen LogP contribution in [-0.2, 0) is 6.42 Å². The molecule has 2 heterocycles. The standard InChI is InChI=1S/C51H54N2/c1-15-41-31(7)25-47-51(38(41)14)50-37(13)34(10)28(4)24-46(50)53(47)40-17-19-43(30(6)21-40)42-18-16-39(20-29(42)5)52-44-22-26(2)32(8)35(11)48(44)49-36(12)33(9)27(3)23-45(49)52/h16-25H,15H2,1-14H3. The van der Waals surface area contributed by atoms with Crippen molar-refractivity contribution >= 4 is 43.6 Å². The number of benzene rings is 6. The molecule has 8 aromatic rings. The van der Waals surface area contributed by atoms with Crippen molar-refractivity contribution in [3.05, 3.63) is 139 Å². The lowest BCUT2D eigenvalue weighted by atomic mass is 9.93. The average Bonchev–Trinajstić information content (AvgIpc) is 3.61. The Balaban J connectivity index is 1.31. The maximum atomic E-state index is 2.52. The number of aryl methyl sites for hydroxylation is 10. The summed E-state index contributed by atoms with van der Waals surface area (Å²) in [5.74, 6) is 0. The molecule has 0 saturated carbocycles. The molecule has 0 aliphatic heterocycles. The molecule has 0 unspecified atom stereocenters. The van der Waals surface area contributed by atoms with Gasteiger partial charge in [0.1, 0.15) is 0 Å². The Labute approximate surface area is 316 Å². The number of hydrogen-bond donors (Lipinski definition) is 0. The van der Waals surface area contributed by atoms with Crippen LogP contribution in [0.5, 0.6) is 0 Å². The fourth-order valence-electron chi connectivity index (χ4n) is 9.69. The molecule has 6 aromatic carbocycles. The highest BCUT2D eigenvalue weighted by Crippen LogP contribution is 2.43. The fourth-order valence-corrected chi connectivity index (χ4v) is 9.69. The van der Waals surface area contributed by atoms with Crippen molar-refractivity contribution in [2.75, 3.05) is 0 Å². The summed E-state index contributed by atoms with van der Waals surface area (Å²) < 4.78 is 5.04. The van der Waals surface area contributed by atoms with Gasteiger partial charge < -0.3 is 9.13 Å². The molecule has 0 spiro atoms. The molecule has 0 atom stereocenters. The molecule has 268 valence electrons. The zero-order valence-corrected chi connectivity index (χ0v) is 34.4. The molecule has 2 aromatic heterocycles. The lowest BCUT2D eigenvalue weighted by Gasteiger charge is -2.17. The summed E-state index contributed by atoms with van der Waals surface area (Å²) in [7, 11) is 0. The number of hydrogen-bond acceptors (Lipinski definition) is 0. The van der Waals surface area contributed by atoms with E-state index in [-0.39, 0.29) is 0 Å². The maximum Gasteiger partial charge on any atom is 0.0546 e. The van der Waals surface area contributed by atoms with Gasteiger partial charge in [-0.1, -0.05) is 19.1 Å². The average molecular weight is 695 g/mol. The van der Waals surface area contributed by atoms with Gasteiger partial charge in [0.05, 0.1) is 22.1 Å². The van der Waals surface area contributed by atoms with E-state index >= 15 is 0 Å². The molecule has 0 bridgehead atoms. The second-order valence-corrected chi connectivity index (χ2v) is 16.2. The van der Waals surface area contributed by atoms with Crippen LogP contribution in [0.25, 0.3) is 66.1 Å². The highest BCUT2D eigenvalue weighted by molar-refractivity contribution is 6.14. The van der Waals surface area contributed by atoms with Gasteiger partial charge in [-0.3, -0.25) is 0 Å². The first-order valence-electron chi connectivity index (χ1n) is 19.4. The van der Waals surface area contributed by atoms with Crippen LogP contribution < -0.4 is 0 Å². The second kappa shape index (κ2) is 12.2. The van der Waals surface area contributed by atoms with E-state index in [1.807, 2.05) is 0 Å². The summed E-state index contributed by atoms with van der Waals surface area (Å²) in [6, 6.07) is 23.8. The highest BCUT2D eigenvalue weighted by Gasteiger charge is 2.23. The molecule has 0 amide bonds. The van der Waals surface area contributed by atoms with Gasteiger partial charge in [-0.05, 0) is 234 Å². The Hall–Kier alpha value is -5.08. The predicted molar refractivity (Wildman–Crippen MR) is 232 cm³/mol. The molecule has 0 aliphatic rings. The SMILES string of the molecule is CCc1c(C)cc2c(c1C)c1c(C)c(C)c(C)cc1n2-c1ccc(-c2ccc(-n3c4cc(C)c(C)c(C)c4c4c(C)c(C)c(C)cc43)cc2C)c(C)c1. The first-order chi connectivity index (χ1) is 25.2. The minimum Gasteiger partial charge on any atom is -0.309 e. The second-order valence-electron chi connectivity index (χ2n) is 16.2. The topological polar surface area (TPSA) is 9.86 Å². The minimum absolute atomic E-state index is 1.05. The minimum atomic E-state index is 1.05. The van der Waals surface area contributed by atoms with Gasteiger partial charge in [0, 0.05) is 32.9 Å². The lowest BCUT2D eigenvalue weighted by Crippen LogP contribution is -2.00. The molecule has 53 heavy (non-hydrogen) atoms. The Kier molecular flexibility index (Phi) is 8.08. The number of nitrogens with zero attached hydrogens (tertiary/aromatic N) is 2. The van der Waals surface area contributed by atoms with Crippen LogP contribution >= 0.6 is 0 Å². The van der Waals surface area contributed by atoms with E-state index in [0.717, 1.165) is 6.42 Å². The van der Waals surface area contributed by atoms with Crippen molar-refractivity contribution in [1.82, 2.24) is 9.13 Å². The highest BCUT2D eigenvalue weighted by atomic mass is 15.0. The molecule has 0 saturated heterocycles. The Morgan fingerprint density at radius 2 is 0.660 bits per heavy atom. The molecule has 0 N–H and O–H groups in total. The van der Waals surface area contributed by atoms with E-state index in [4.69, 9.17) is 0 Å². The largest absolute Gasteiger partial charge is 0.309 e. The number of fused-ring (bicyclic) bond motifs is 6. The van der Waals surface area contributed by atoms with Crippen LogP contribution in [0.4, 0.5) is 0 Å². The number of aromatic nitrogens is 2. The van der Waals surface area contributed by atoms with E-state index < -0.39 is 0 Å². The zero-order chi connectivity index (χ0) is 37.9. The quantitative estimate of drug-likeness (QED) is 0.174. The van der Waals surface area contributed by atoms with Crippen LogP contribution in [-0.4, -0.2) is 9.13 Å². The summed E-state index contributed by atoms with van der Waals surface area (Å²) >= 11 is 0. The van der Waals surface area contributed by atoms with E-state index in [2.05, 4.69) is 167 Å². The summed E-state index contributed by atoms with van der Waals surface area (Å²) in [6.45, 7) is 31.9. The third-order valence-corrected chi connectivity index (χ3v) is 13.4. The van der Waals surface area contributed by atoms with E-state index in [1.54, 1.807) is 0 Å². The van der Waals surface area contributed by atoms with Crippen LogP contribution in [0.3, 0.4) is 0 Å². The molecule has 0 radical (unpaired) electrons. The first-order valence-corrected chi connectivity index (χ1v) is 19.4. The van der Waals surface area contributed by atoms with Crippen LogP contribution in [0.2, 0.25) is 0 Å². The summed E-state index contributed by atoms with van der Waals surface area (Å²) in [5, 5.41) is 5.58.